The summed E-state index contributed by atoms with van der Waals surface area (Å²) in [7, 11) is 3.30. The zero-order valence-electron chi connectivity index (χ0n) is 13.4. The molecule has 0 saturated carbocycles. The molecule has 1 heterocycles. The van der Waals surface area contributed by atoms with Crippen LogP contribution in [0.3, 0.4) is 0 Å². The minimum Gasteiger partial charge on any atom is -0.497 e. The van der Waals surface area contributed by atoms with E-state index in [1.807, 2.05) is 48.5 Å². The first-order valence-electron chi connectivity index (χ1n) is 7.40. The van der Waals surface area contributed by atoms with E-state index in [4.69, 9.17) is 21.1 Å². The second kappa shape index (κ2) is 7.23. The number of methoxy groups -OCH3 is 2. The van der Waals surface area contributed by atoms with Gasteiger partial charge in [-0.1, -0.05) is 11.6 Å². The number of H-pyrrole nitrogens is 1. The molecule has 0 radical (unpaired) electrons. The van der Waals surface area contributed by atoms with Crippen LogP contribution in [0, 0.1) is 0 Å². The van der Waals surface area contributed by atoms with Crippen molar-refractivity contribution in [3.05, 3.63) is 59.9 Å². The van der Waals surface area contributed by atoms with E-state index in [2.05, 4.69) is 9.97 Å². The summed E-state index contributed by atoms with van der Waals surface area (Å²) in [6, 6.07) is 15.6. The molecule has 0 aliphatic heterocycles. The molecule has 0 unspecified atom stereocenters. The van der Waals surface area contributed by atoms with Gasteiger partial charge in [0.25, 0.3) is 0 Å². The van der Waals surface area contributed by atoms with Gasteiger partial charge in [0.2, 0.25) is 0 Å². The van der Waals surface area contributed by atoms with Crippen molar-refractivity contribution in [2.75, 3.05) is 14.2 Å². The van der Waals surface area contributed by atoms with E-state index in [9.17, 15) is 0 Å². The Kier molecular flexibility index (Phi) is 4.87. The molecular formula is C19H17ClN2O2. The van der Waals surface area contributed by atoms with E-state index in [1.165, 1.54) is 5.54 Å². The van der Waals surface area contributed by atoms with Gasteiger partial charge in [0.15, 0.2) is 0 Å². The fourth-order valence-corrected chi connectivity index (χ4v) is 2.57. The van der Waals surface area contributed by atoms with Crippen molar-refractivity contribution in [3.63, 3.8) is 0 Å². The molecule has 0 aliphatic carbocycles. The SMILES string of the molecule is COc1ccc(-c2nc(/C=C/Cl)[nH]c2-c2ccc(OC)cc2)cc1. The summed E-state index contributed by atoms with van der Waals surface area (Å²) in [5, 5.41) is 0. The van der Waals surface area contributed by atoms with Crippen molar-refractivity contribution in [2.45, 2.75) is 0 Å². The van der Waals surface area contributed by atoms with Gasteiger partial charge in [-0.05, 0) is 54.6 Å². The Labute approximate surface area is 145 Å². The highest BCUT2D eigenvalue weighted by atomic mass is 35.5. The highest BCUT2D eigenvalue weighted by molar-refractivity contribution is 6.27. The Morgan fingerprint density at radius 1 is 0.875 bits per heavy atom. The number of rotatable bonds is 5. The first kappa shape index (κ1) is 16.1. The first-order chi connectivity index (χ1) is 11.7. The lowest BCUT2D eigenvalue weighted by Gasteiger charge is -2.06. The molecule has 3 rings (SSSR count). The topological polar surface area (TPSA) is 47.1 Å². The van der Waals surface area contributed by atoms with Gasteiger partial charge in [0.05, 0.1) is 25.6 Å². The maximum atomic E-state index is 5.70. The van der Waals surface area contributed by atoms with Gasteiger partial charge < -0.3 is 14.5 Å². The van der Waals surface area contributed by atoms with Crippen LogP contribution in [0.2, 0.25) is 0 Å². The van der Waals surface area contributed by atoms with Crippen LogP contribution in [0.15, 0.2) is 54.1 Å². The standard InChI is InChI=1S/C19H17ClN2O2/c1-23-15-7-3-13(4-8-15)18-19(22-17(21-18)11-12-20)14-5-9-16(24-2)10-6-14/h3-12H,1-2H3,(H,21,22)/b12-11+. The number of hydrogen-bond donors (Lipinski definition) is 1. The third kappa shape index (κ3) is 3.29. The quantitative estimate of drug-likeness (QED) is 0.713. The van der Waals surface area contributed by atoms with Crippen LogP contribution in [-0.2, 0) is 0 Å². The first-order valence-corrected chi connectivity index (χ1v) is 7.84. The average molecular weight is 341 g/mol. The minimum absolute atomic E-state index is 0.696. The van der Waals surface area contributed by atoms with Crippen molar-refractivity contribution >= 4 is 17.7 Å². The molecule has 0 aliphatic rings. The number of aromatic amines is 1. The highest BCUT2D eigenvalue weighted by Gasteiger charge is 2.13. The molecule has 0 fully saturated rings. The summed E-state index contributed by atoms with van der Waals surface area (Å²) >= 11 is 5.70. The lowest BCUT2D eigenvalue weighted by atomic mass is 10.0. The normalized spacial score (nSPS) is 11.0. The lowest BCUT2D eigenvalue weighted by Crippen LogP contribution is -1.87. The van der Waals surface area contributed by atoms with Gasteiger partial charge >= 0.3 is 0 Å². The Balaban J connectivity index is 2.09. The van der Waals surface area contributed by atoms with E-state index >= 15 is 0 Å². The Hall–Kier alpha value is -2.72. The third-order valence-electron chi connectivity index (χ3n) is 3.69. The lowest BCUT2D eigenvalue weighted by molar-refractivity contribution is 0.414. The molecule has 5 heteroatoms. The Bertz CT molecular complexity index is 772. The van der Waals surface area contributed by atoms with E-state index in [0.29, 0.717) is 5.82 Å². The number of ether oxygens (including phenoxy) is 2. The zero-order chi connectivity index (χ0) is 16.9. The molecule has 3 aromatic rings. The van der Waals surface area contributed by atoms with Gasteiger partial charge in [-0.25, -0.2) is 4.98 Å². The summed E-state index contributed by atoms with van der Waals surface area (Å²) in [6.45, 7) is 0. The molecule has 1 aromatic heterocycles. The Morgan fingerprint density at radius 3 is 1.92 bits per heavy atom. The number of nitrogens with one attached hydrogen (secondary N) is 1. The van der Waals surface area contributed by atoms with Crippen LogP contribution < -0.4 is 9.47 Å². The number of imidazole rings is 1. The molecule has 122 valence electrons. The monoisotopic (exact) mass is 340 g/mol. The summed E-state index contributed by atoms with van der Waals surface area (Å²) in [4.78, 5) is 7.95. The number of benzene rings is 2. The fraction of sp³-hybridized carbons (Fsp3) is 0.105. The molecule has 0 atom stereocenters. The molecular weight excluding hydrogens is 324 g/mol. The molecule has 24 heavy (non-hydrogen) atoms. The average Bonchev–Trinajstić information content (AvgIpc) is 3.06. The second-order valence-corrected chi connectivity index (χ2v) is 5.35. The van der Waals surface area contributed by atoms with Crippen LogP contribution in [0.1, 0.15) is 5.82 Å². The summed E-state index contributed by atoms with van der Waals surface area (Å²) in [5.74, 6) is 2.31. The van der Waals surface area contributed by atoms with Crippen LogP contribution in [0.4, 0.5) is 0 Å². The molecule has 0 amide bonds. The highest BCUT2D eigenvalue weighted by Crippen LogP contribution is 2.32. The van der Waals surface area contributed by atoms with Crippen molar-refractivity contribution in [1.29, 1.82) is 0 Å². The number of aromatic nitrogens is 2. The summed E-state index contributed by atoms with van der Waals surface area (Å²) < 4.78 is 10.4. The van der Waals surface area contributed by atoms with Crippen molar-refractivity contribution in [2.24, 2.45) is 0 Å². The van der Waals surface area contributed by atoms with Gasteiger partial charge in [0, 0.05) is 16.7 Å². The van der Waals surface area contributed by atoms with Gasteiger partial charge in [0.1, 0.15) is 17.3 Å². The largest absolute Gasteiger partial charge is 0.497 e. The van der Waals surface area contributed by atoms with Crippen molar-refractivity contribution in [1.82, 2.24) is 9.97 Å². The van der Waals surface area contributed by atoms with Crippen LogP contribution >= 0.6 is 11.6 Å². The van der Waals surface area contributed by atoms with Gasteiger partial charge in [-0.3, -0.25) is 0 Å². The zero-order valence-corrected chi connectivity index (χ0v) is 14.2. The van der Waals surface area contributed by atoms with E-state index < -0.39 is 0 Å². The predicted octanol–water partition coefficient (Wildman–Crippen LogP) is 4.97. The summed E-state index contributed by atoms with van der Waals surface area (Å²) in [5.41, 5.74) is 5.23. The molecule has 0 spiro atoms. The smallest absolute Gasteiger partial charge is 0.132 e. The Morgan fingerprint density at radius 2 is 1.42 bits per heavy atom. The number of hydrogen-bond acceptors (Lipinski definition) is 3. The third-order valence-corrected chi connectivity index (χ3v) is 3.81. The molecule has 0 saturated heterocycles. The van der Waals surface area contributed by atoms with E-state index in [0.717, 1.165) is 34.0 Å². The summed E-state index contributed by atoms with van der Waals surface area (Å²) in [6.07, 6.45) is 1.72. The molecule has 0 bridgehead atoms. The fourth-order valence-electron chi connectivity index (χ4n) is 2.45. The number of halogens is 1. The molecule has 1 N–H and O–H groups in total. The van der Waals surface area contributed by atoms with Crippen molar-refractivity contribution in [3.8, 4) is 34.0 Å². The number of nitrogens with zero attached hydrogens (tertiary/aromatic N) is 1. The predicted molar refractivity (Wildman–Crippen MR) is 97.5 cm³/mol. The second-order valence-electron chi connectivity index (χ2n) is 5.10. The maximum absolute atomic E-state index is 5.70. The minimum atomic E-state index is 0.696. The van der Waals surface area contributed by atoms with Crippen LogP contribution in [0.5, 0.6) is 11.5 Å². The van der Waals surface area contributed by atoms with E-state index in [1.54, 1.807) is 20.3 Å². The molecule has 2 aromatic carbocycles. The van der Waals surface area contributed by atoms with Crippen molar-refractivity contribution < 1.29 is 9.47 Å². The van der Waals surface area contributed by atoms with Gasteiger partial charge in [-0.2, -0.15) is 0 Å². The van der Waals surface area contributed by atoms with Crippen LogP contribution in [0.25, 0.3) is 28.6 Å². The van der Waals surface area contributed by atoms with Crippen LogP contribution in [-0.4, -0.2) is 24.2 Å². The van der Waals surface area contributed by atoms with Gasteiger partial charge in [-0.15, -0.1) is 0 Å². The van der Waals surface area contributed by atoms with E-state index in [-0.39, 0.29) is 0 Å². The maximum Gasteiger partial charge on any atom is 0.132 e. The molecule has 4 nitrogen and oxygen atoms in total.